The van der Waals surface area contributed by atoms with Crippen LogP contribution in [0.5, 0.6) is 0 Å². The molecule has 3 rings (SSSR count). The molecule has 0 aliphatic carbocycles. The molecule has 0 saturated heterocycles. The molecule has 0 spiro atoms. The summed E-state index contributed by atoms with van der Waals surface area (Å²) in [5.74, 6) is -2.13. The summed E-state index contributed by atoms with van der Waals surface area (Å²) >= 11 is 0. The summed E-state index contributed by atoms with van der Waals surface area (Å²) in [5.41, 5.74) is 2.28. The van der Waals surface area contributed by atoms with Crippen molar-refractivity contribution in [2.45, 2.75) is 0 Å². The van der Waals surface area contributed by atoms with Crippen LogP contribution in [0.1, 0.15) is 10.4 Å². The molecule has 0 fully saturated rings. The molecule has 3 aromatic carbocycles. The Labute approximate surface area is 132 Å². The van der Waals surface area contributed by atoms with E-state index < -0.39 is 17.5 Å². The lowest BCUT2D eigenvalue weighted by atomic mass is 10.0. The molecular formula is C19H13F2NO. The van der Waals surface area contributed by atoms with Crippen LogP contribution < -0.4 is 5.32 Å². The summed E-state index contributed by atoms with van der Waals surface area (Å²) in [4.78, 5) is 12.3. The first-order chi connectivity index (χ1) is 11.1. The Morgan fingerprint density at radius 2 is 1.39 bits per heavy atom. The van der Waals surface area contributed by atoms with Gasteiger partial charge in [0.25, 0.3) is 5.91 Å². The van der Waals surface area contributed by atoms with Gasteiger partial charge >= 0.3 is 0 Å². The Morgan fingerprint density at radius 3 is 2.09 bits per heavy atom. The number of para-hydroxylation sites is 1. The molecule has 0 aliphatic rings. The van der Waals surface area contributed by atoms with Crippen molar-refractivity contribution in [3.8, 4) is 11.1 Å². The number of nitrogens with one attached hydrogen (secondary N) is 1. The predicted octanol–water partition coefficient (Wildman–Crippen LogP) is 4.88. The van der Waals surface area contributed by atoms with Gasteiger partial charge in [0, 0.05) is 22.9 Å². The molecule has 0 radical (unpaired) electrons. The number of halogens is 2. The van der Waals surface area contributed by atoms with E-state index in [9.17, 15) is 13.6 Å². The minimum atomic E-state index is -0.786. The van der Waals surface area contributed by atoms with Crippen molar-refractivity contribution < 1.29 is 13.6 Å². The highest BCUT2D eigenvalue weighted by Gasteiger charge is 2.12. The maximum atomic E-state index is 13.3. The number of carbonyl (C=O) groups is 1. The van der Waals surface area contributed by atoms with Gasteiger partial charge in [-0.05, 0) is 23.8 Å². The van der Waals surface area contributed by atoms with E-state index in [1.807, 2.05) is 42.5 Å². The minimum absolute atomic E-state index is 0.0645. The second-order valence-electron chi connectivity index (χ2n) is 5.02. The summed E-state index contributed by atoms with van der Waals surface area (Å²) in [6.07, 6.45) is 0. The molecule has 0 heterocycles. The van der Waals surface area contributed by atoms with Gasteiger partial charge in [-0.2, -0.15) is 0 Å². The smallest absolute Gasteiger partial charge is 0.255 e. The van der Waals surface area contributed by atoms with E-state index >= 15 is 0 Å². The van der Waals surface area contributed by atoms with Gasteiger partial charge in [0.15, 0.2) is 0 Å². The Balaban J connectivity index is 1.93. The molecule has 0 saturated carbocycles. The lowest BCUT2D eigenvalue weighted by Gasteiger charge is -2.11. The molecule has 23 heavy (non-hydrogen) atoms. The topological polar surface area (TPSA) is 29.1 Å². The van der Waals surface area contributed by atoms with E-state index in [1.54, 1.807) is 12.1 Å². The van der Waals surface area contributed by atoms with Gasteiger partial charge in [-0.25, -0.2) is 8.78 Å². The number of anilines is 1. The van der Waals surface area contributed by atoms with E-state index in [2.05, 4.69) is 5.32 Å². The van der Waals surface area contributed by atoms with E-state index in [-0.39, 0.29) is 5.56 Å². The molecule has 0 bridgehead atoms. The largest absolute Gasteiger partial charge is 0.321 e. The van der Waals surface area contributed by atoms with Crippen molar-refractivity contribution in [3.05, 3.63) is 90.0 Å². The monoisotopic (exact) mass is 309 g/mol. The number of amides is 1. The Kier molecular flexibility index (Phi) is 4.15. The number of rotatable bonds is 3. The van der Waals surface area contributed by atoms with Crippen LogP contribution in [0.2, 0.25) is 0 Å². The molecule has 0 aromatic heterocycles. The highest BCUT2D eigenvalue weighted by molar-refractivity contribution is 6.06. The van der Waals surface area contributed by atoms with Gasteiger partial charge in [-0.1, -0.05) is 48.5 Å². The summed E-state index contributed by atoms with van der Waals surface area (Å²) in [6, 6.07) is 19.6. The first kappa shape index (κ1) is 14.9. The number of carbonyl (C=O) groups excluding carboxylic acids is 1. The number of hydrogen-bond donors (Lipinski definition) is 1. The van der Waals surface area contributed by atoms with Crippen LogP contribution in [0.25, 0.3) is 11.1 Å². The van der Waals surface area contributed by atoms with Crippen molar-refractivity contribution >= 4 is 11.6 Å². The summed E-state index contributed by atoms with van der Waals surface area (Å²) in [7, 11) is 0. The van der Waals surface area contributed by atoms with Crippen LogP contribution in [-0.4, -0.2) is 5.91 Å². The van der Waals surface area contributed by atoms with Gasteiger partial charge < -0.3 is 5.32 Å². The van der Waals surface area contributed by atoms with Gasteiger partial charge in [0.2, 0.25) is 0 Å². The van der Waals surface area contributed by atoms with Crippen molar-refractivity contribution in [2.24, 2.45) is 0 Å². The van der Waals surface area contributed by atoms with Crippen LogP contribution in [0.4, 0.5) is 14.5 Å². The van der Waals surface area contributed by atoms with E-state index in [1.165, 1.54) is 0 Å². The zero-order chi connectivity index (χ0) is 16.2. The fraction of sp³-hybridized carbons (Fsp3) is 0. The summed E-state index contributed by atoms with van der Waals surface area (Å²) in [5, 5.41) is 2.71. The molecular weight excluding hydrogens is 296 g/mol. The fourth-order valence-corrected chi connectivity index (χ4v) is 2.34. The molecule has 0 aliphatic heterocycles. The lowest BCUT2D eigenvalue weighted by molar-refractivity contribution is 0.102. The zero-order valence-electron chi connectivity index (χ0n) is 12.1. The third-order valence-corrected chi connectivity index (χ3v) is 3.38. The van der Waals surface area contributed by atoms with E-state index in [0.29, 0.717) is 5.69 Å². The van der Waals surface area contributed by atoms with Crippen LogP contribution in [0, 0.1) is 11.6 Å². The molecule has 114 valence electrons. The average Bonchev–Trinajstić information content (AvgIpc) is 2.55. The molecule has 0 atom stereocenters. The molecule has 1 amide bonds. The van der Waals surface area contributed by atoms with Gasteiger partial charge in [0.05, 0.1) is 0 Å². The average molecular weight is 309 g/mol. The van der Waals surface area contributed by atoms with Crippen LogP contribution in [0.15, 0.2) is 72.8 Å². The van der Waals surface area contributed by atoms with Crippen molar-refractivity contribution in [1.82, 2.24) is 0 Å². The quantitative estimate of drug-likeness (QED) is 0.733. The van der Waals surface area contributed by atoms with Gasteiger partial charge in [-0.15, -0.1) is 0 Å². The minimum Gasteiger partial charge on any atom is -0.321 e. The highest BCUT2D eigenvalue weighted by atomic mass is 19.1. The van der Waals surface area contributed by atoms with Gasteiger partial charge in [0.1, 0.15) is 11.6 Å². The van der Waals surface area contributed by atoms with E-state index in [0.717, 1.165) is 29.3 Å². The lowest BCUT2D eigenvalue weighted by Crippen LogP contribution is -2.13. The molecule has 4 heteroatoms. The Hall–Kier alpha value is -3.01. The normalized spacial score (nSPS) is 10.3. The SMILES string of the molecule is O=C(Nc1ccccc1-c1ccccc1)c1cc(F)cc(F)c1. The Bertz CT molecular complexity index is 827. The number of benzene rings is 3. The number of hydrogen-bond acceptors (Lipinski definition) is 1. The maximum absolute atomic E-state index is 13.3. The first-order valence-electron chi connectivity index (χ1n) is 7.05. The molecule has 0 unspecified atom stereocenters. The highest BCUT2D eigenvalue weighted by Crippen LogP contribution is 2.28. The molecule has 2 nitrogen and oxygen atoms in total. The summed E-state index contributed by atoms with van der Waals surface area (Å²) < 4.78 is 26.5. The van der Waals surface area contributed by atoms with Crippen LogP contribution in [0.3, 0.4) is 0 Å². The maximum Gasteiger partial charge on any atom is 0.255 e. The second kappa shape index (κ2) is 6.40. The van der Waals surface area contributed by atoms with Crippen molar-refractivity contribution in [3.63, 3.8) is 0 Å². The van der Waals surface area contributed by atoms with Gasteiger partial charge in [-0.3, -0.25) is 4.79 Å². The molecule has 3 aromatic rings. The zero-order valence-corrected chi connectivity index (χ0v) is 12.1. The fourth-order valence-electron chi connectivity index (χ4n) is 2.34. The Morgan fingerprint density at radius 1 is 0.783 bits per heavy atom. The van der Waals surface area contributed by atoms with E-state index in [4.69, 9.17) is 0 Å². The molecule has 1 N–H and O–H groups in total. The summed E-state index contributed by atoms with van der Waals surface area (Å²) in [6.45, 7) is 0. The predicted molar refractivity (Wildman–Crippen MR) is 86.2 cm³/mol. The standard InChI is InChI=1S/C19H13F2NO/c20-15-10-14(11-16(21)12-15)19(23)22-18-9-5-4-8-17(18)13-6-2-1-3-7-13/h1-12H,(H,22,23). The first-order valence-corrected chi connectivity index (χ1v) is 7.05. The third-order valence-electron chi connectivity index (χ3n) is 3.38. The van der Waals surface area contributed by atoms with Crippen LogP contribution in [-0.2, 0) is 0 Å². The third kappa shape index (κ3) is 3.43. The van der Waals surface area contributed by atoms with Crippen LogP contribution >= 0.6 is 0 Å². The van der Waals surface area contributed by atoms with Crippen molar-refractivity contribution in [1.29, 1.82) is 0 Å². The second-order valence-corrected chi connectivity index (χ2v) is 5.02. The van der Waals surface area contributed by atoms with Crippen molar-refractivity contribution in [2.75, 3.05) is 5.32 Å².